The monoisotopic (exact) mass is 170 g/mol. The molecule has 4 nitrogen and oxygen atoms in total. The molecule has 0 aromatic heterocycles. The van der Waals surface area contributed by atoms with E-state index in [-0.39, 0.29) is 63.6 Å². The van der Waals surface area contributed by atoms with Crippen LogP contribution in [0.25, 0.3) is 0 Å². The molecular weight excluding hydrogens is 163 g/mol. The molecule has 52 valence electrons. The fourth-order valence-corrected chi connectivity index (χ4v) is 0.223. The summed E-state index contributed by atoms with van der Waals surface area (Å²) in [5.74, 6) is 0. The van der Waals surface area contributed by atoms with Crippen molar-refractivity contribution in [1.82, 2.24) is 0 Å². The third-order valence-corrected chi connectivity index (χ3v) is 0.646. The molecule has 0 unspecified atom stereocenters. The number of aldehydes is 1. The minimum Gasteiger partial charge on any atom is -0.878 e. The maximum absolute atomic E-state index is 9.84. The van der Waals surface area contributed by atoms with Crippen LogP contribution in [0.5, 0.6) is 0 Å². The van der Waals surface area contributed by atoms with Gasteiger partial charge in [0.05, 0.1) is 7.11 Å². The summed E-state index contributed by atoms with van der Waals surface area (Å²) in [6.07, 6.45) is 0.845. The molecular formula is C5H7KO4. The Kier molecular flexibility index (Phi) is 13.1. The second-order valence-corrected chi connectivity index (χ2v) is 1.24. The Bertz CT molecular complexity index is 112. The molecule has 0 amide bonds. The third-order valence-electron chi connectivity index (χ3n) is 0.646. The zero-order chi connectivity index (χ0) is 7.11. The van der Waals surface area contributed by atoms with Crippen molar-refractivity contribution >= 4 is 6.29 Å². The van der Waals surface area contributed by atoms with E-state index in [1.165, 1.54) is 7.11 Å². The van der Waals surface area contributed by atoms with Crippen molar-refractivity contribution in [3.63, 3.8) is 0 Å². The van der Waals surface area contributed by atoms with Gasteiger partial charge in [0.15, 0.2) is 0 Å². The molecule has 0 aromatic carbocycles. The first kappa shape index (κ1) is 13.4. The first-order chi connectivity index (χ1) is 4.35. The minimum atomic E-state index is -0.0938. The summed E-state index contributed by atoms with van der Waals surface area (Å²) in [5, 5.41) is 9.84. The summed E-state index contributed by atoms with van der Waals surface area (Å²) >= 11 is 0. The van der Waals surface area contributed by atoms with Gasteiger partial charge in [-0.2, -0.15) is 0 Å². The Morgan fingerprint density at radius 3 is 2.60 bits per heavy atom. The molecule has 0 rings (SSSR count). The molecule has 0 spiro atoms. The Labute approximate surface area is 102 Å². The van der Waals surface area contributed by atoms with Crippen molar-refractivity contribution < 1.29 is 71.1 Å². The molecule has 0 bridgehead atoms. The fraction of sp³-hybridized carbons (Fsp3) is 0.400. The van der Waals surface area contributed by atoms with E-state index in [9.17, 15) is 9.90 Å². The van der Waals surface area contributed by atoms with Gasteiger partial charge >= 0.3 is 51.4 Å². The van der Waals surface area contributed by atoms with Crippen LogP contribution in [0.15, 0.2) is 11.8 Å². The van der Waals surface area contributed by atoms with E-state index < -0.39 is 0 Å². The number of hydrogen-bond acceptors (Lipinski definition) is 4. The molecule has 0 aliphatic heterocycles. The number of carbonyl (C=O) groups excluding carboxylic acids is 1. The molecule has 0 aromatic rings. The van der Waals surface area contributed by atoms with Gasteiger partial charge in [0.2, 0.25) is 0 Å². The van der Waals surface area contributed by atoms with Crippen LogP contribution in [0.1, 0.15) is 0 Å². The normalized spacial score (nSPS) is 10.3. The molecule has 0 N–H and O–H groups in total. The van der Waals surface area contributed by atoms with E-state index >= 15 is 0 Å². The Morgan fingerprint density at radius 1 is 1.70 bits per heavy atom. The summed E-state index contributed by atoms with van der Waals surface area (Å²) in [6.45, 7) is -0.0938. The van der Waals surface area contributed by atoms with Gasteiger partial charge in [0.1, 0.15) is 12.9 Å². The van der Waals surface area contributed by atoms with E-state index in [1.54, 1.807) is 0 Å². The molecule has 0 atom stereocenters. The standard InChI is InChI=1S/C5H8O4.K/c1-8-9-4-5(2-6)3-7;/h2-3,6H,4H2,1H3;/q;+1/p-1/b5-2+;. The van der Waals surface area contributed by atoms with Gasteiger partial charge in [-0.05, 0) is 0 Å². The SMILES string of the molecule is COOC/C(C=O)=C/[O-].[K+]. The van der Waals surface area contributed by atoms with Gasteiger partial charge in [-0.25, -0.2) is 9.78 Å². The molecule has 0 heterocycles. The Balaban J connectivity index is 0. The number of hydrogen-bond donors (Lipinski definition) is 0. The van der Waals surface area contributed by atoms with Crippen molar-refractivity contribution in [2.45, 2.75) is 0 Å². The zero-order valence-electron chi connectivity index (χ0n) is 5.99. The Morgan fingerprint density at radius 2 is 2.30 bits per heavy atom. The average molecular weight is 170 g/mol. The molecule has 0 saturated carbocycles. The first-order valence-electron chi connectivity index (χ1n) is 2.27. The third kappa shape index (κ3) is 6.88. The van der Waals surface area contributed by atoms with Crippen LogP contribution in [0.4, 0.5) is 0 Å². The van der Waals surface area contributed by atoms with Gasteiger partial charge in [-0.1, -0.05) is 0 Å². The van der Waals surface area contributed by atoms with Gasteiger partial charge in [0.25, 0.3) is 0 Å². The molecule has 0 aliphatic carbocycles. The predicted molar refractivity (Wildman–Crippen MR) is 27.1 cm³/mol. The van der Waals surface area contributed by atoms with Crippen LogP contribution >= 0.6 is 0 Å². The van der Waals surface area contributed by atoms with Crippen LogP contribution in [0.2, 0.25) is 0 Å². The van der Waals surface area contributed by atoms with Crippen LogP contribution in [-0.2, 0) is 14.6 Å². The van der Waals surface area contributed by atoms with Crippen molar-refractivity contribution in [2.75, 3.05) is 13.7 Å². The second kappa shape index (κ2) is 9.77. The molecule has 0 aliphatic rings. The van der Waals surface area contributed by atoms with E-state index in [2.05, 4.69) is 9.78 Å². The summed E-state index contributed by atoms with van der Waals surface area (Å²) in [7, 11) is 1.30. The van der Waals surface area contributed by atoms with E-state index in [0.717, 1.165) is 0 Å². The summed E-state index contributed by atoms with van der Waals surface area (Å²) in [5.41, 5.74) is 0.0249. The smallest absolute Gasteiger partial charge is 0.878 e. The molecule has 0 radical (unpaired) electrons. The quantitative estimate of drug-likeness (QED) is 0.108. The van der Waals surface area contributed by atoms with Crippen LogP contribution < -0.4 is 56.5 Å². The van der Waals surface area contributed by atoms with E-state index in [0.29, 0.717) is 12.5 Å². The van der Waals surface area contributed by atoms with Crippen LogP contribution in [0, 0.1) is 0 Å². The summed E-state index contributed by atoms with van der Waals surface area (Å²) in [6, 6.07) is 0. The van der Waals surface area contributed by atoms with Crippen molar-refractivity contribution in [2.24, 2.45) is 0 Å². The molecule has 0 fully saturated rings. The van der Waals surface area contributed by atoms with Gasteiger partial charge < -0.3 is 5.11 Å². The average Bonchev–Trinajstić information content (AvgIpc) is 1.91. The number of rotatable bonds is 4. The van der Waals surface area contributed by atoms with E-state index in [4.69, 9.17) is 0 Å². The Hall–Kier alpha value is 0.766. The van der Waals surface area contributed by atoms with Crippen molar-refractivity contribution in [3.05, 3.63) is 11.8 Å². The second-order valence-electron chi connectivity index (χ2n) is 1.24. The maximum Gasteiger partial charge on any atom is 1.00 e. The van der Waals surface area contributed by atoms with Crippen LogP contribution in [0.3, 0.4) is 0 Å². The zero-order valence-corrected chi connectivity index (χ0v) is 9.12. The predicted octanol–water partition coefficient (Wildman–Crippen LogP) is -3.99. The molecule has 0 saturated heterocycles. The summed E-state index contributed by atoms with van der Waals surface area (Å²) < 4.78 is 0. The van der Waals surface area contributed by atoms with Gasteiger partial charge in [-0.3, -0.25) is 4.79 Å². The first-order valence-corrected chi connectivity index (χ1v) is 2.27. The fourth-order valence-electron chi connectivity index (χ4n) is 0.223. The van der Waals surface area contributed by atoms with Gasteiger partial charge in [0, 0.05) is 5.57 Å². The minimum absolute atomic E-state index is 0. The largest absolute Gasteiger partial charge is 1.00 e. The maximum atomic E-state index is 9.84. The molecule has 5 heteroatoms. The van der Waals surface area contributed by atoms with Crippen molar-refractivity contribution in [3.8, 4) is 0 Å². The molecule has 10 heavy (non-hydrogen) atoms. The number of carbonyl (C=O) groups is 1. The van der Waals surface area contributed by atoms with E-state index in [1.807, 2.05) is 0 Å². The van der Waals surface area contributed by atoms with Crippen molar-refractivity contribution in [1.29, 1.82) is 0 Å². The summed E-state index contributed by atoms with van der Waals surface area (Å²) in [4.78, 5) is 18.3. The van der Waals surface area contributed by atoms with Gasteiger partial charge in [-0.15, -0.1) is 6.26 Å². The van der Waals surface area contributed by atoms with Crippen LogP contribution in [-0.4, -0.2) is 20.0 Å². The topological polar surface area (TPSA) is 58.6 Å².